The standard InChI is InChI=1S/C44H83NO5S2Si3/c1-31(26-27-37(48-53(17,18)41(6,7)8)33(3)28-36-30-51-35(5)45-36)24-23-25-32(2)40(50-55(21,22)43(12,13)14)34(4)52-44(15,16)38(29-39(46)47)49-54(19,20)42(9,10)11/h23,25-26,28,30,32,34,37-38,40H,24,27,29H2,1-22H3,(H,46,47)/t32-,34+,37-,38+,40-/m0/s1. The first kappa shape index (κ1) is 52.2. The zero-order valence-electron chi connectivity index (χ0n) is 39.2. The number of hydrogen-bond donors (Lipinski definition) is 1. The fourth-order valence-corrected chi connectivity index (χ4v) is 12.2. The molecule has 0 spiro atoms. The summed E-state index contributed by atoms with van der Waals surface area (Å²) in [4.78, 5) is 16.9. The summed E-state index contributed by atoms with van der Waals surface area (Å²) in [7, 11) is -6.38. The third-order valence-electron chi connectivity index (χ3n) is 12.4. The van der Waals surface area contributed by atoms with Gasteiger partial charge in [-0.2, -0.15) is 0 Å². The van der Waals surface area contributed by atoms with Crippen LogP contribution in [-0.4, -0.2) is 69.3 Å². The number of rotatable bonds is 20. The molecule has 1 N–H and O–H groups in total. The minimum Gasteiger partial charge on any atom is -0.481 e. The first-order valence-corrected chi connectivity index (χ1v) is 30.9. The van der Waals surface area contributed by atoms with Gasteiger partial charge in [-0.25, -0.2) is 4.98 Å². The molecule has 11 heteroatoms. The largest absolute Gasteiger partial charge is 0.481 e. The average molecular weight is 855 g/mol. The molecule has 0 aliphatic carbocycles. The van der Waals surface area contributed by atoms with E-state index in [1.54, 1.807) is 11.3 Å². The van der Waals surface area contributed by atoms with Gasteiger partial charge in [0.1, 0.15) is 0 Å². The van der Waals surface area contributed by atoms with E-state index in [0.717, 1.165) is 23.5 Å². The molecule has 0 aliphatic heterocycles. The molecule has 0 fully saturated rings. The van der Waals surface area contributed by atoms with Crippen molar-refractivity contribution in [2.45, 2.75) is 213 Å². The molecular weight excluding hydrogens is 771 g/mol. The van der Waals surface area contributed by atoms with Crippen LogP contribution in [0.15, 0.2) is 34.8 Å². The summed E-state index contributed by atoms with van der Waals surface area (Å²) >= 11 is 3.50. The first-order chi connectivity index (χ1) is 24.5. The highest BCUT2D eigenvalue weighted by Gasteiger charge is 2.46. The van der Waals surface area contributed by atoms with Gasteiger partial charge in [-0.1, -0.05) is 100.0 Å². The maximum atomic E-state index is 12.2. The van der Waals surface area contributed by atoms with Gasteiger partial charge in [0, 0.05) is 21.3 Å². The molecule has 0 radical (unpaired) electrons. The topological polar surface area (TPSA) is 77.9 Å². The molecule has 0 aromatic carbocycles. The zero-order valence-corrected chi connectivity index (χ0v) is 43.9. The highest BCUT2D eigenvalue weighted by atomic mass is 32.2. The second-order valence-electron chi connectivity index (χ2n) is 21.1. The SMILES string of the molecule is CC(=CC[C@H](O[Si](C)(C)C(C)(C)C)C(C)=Cc1csc(C)n1)CC=C[C@H](C)[C@H](O[Si](C)(C)C(C)(C)C)[C@@H](C)SC(C)(C)[C@@H](CC(=O)O)O[Si](C)(C)C(C)(C)C. The number of carboxylic acids is 1. The lowest BCUT2D eigenvalue weighted by Gasteiger charge is -2.46. The lowest BCUT2D eigenvalue weighted by Crippen LogP contribution is -2.52. The van der Waals surface area contributed by atoms with Gasteiger partial charge in [-0.3, -0.25) is 4.79 Å². The summed E-state index contributed by atoms with van der Waals surface area (Å²) in [5.41, 5.74) is 3.53. The summed E-state index contributed by atoms with van der Waals surface area (Å²) in [5, 5.41) is 13.4. The summed E-state index contributed by atoms with van der Waals surface area (Å²) in [6, 6.07) is 0. The van der Waals surface area contributed by atoms with Gasteiger partial charge in [0.25, 0.3) is 0 Å². The molecule has 318 valence electrons. The minimum atomic E-state index is -2.22. The molecule has 0 saturated carbocycles. The highest BCUT2D eigenvalue weighted by molar-refractivity contribution is 8.01. The van der Waals surface area contributed by atoms with Crippen LogP contribution in [0.25, 0.3) is 6.08 Å². The van der Waals surface area contributed by atoms with E-state index in [1.807, 2.05) is 18.7 Å². The Morgan fingerprint density at radius 2 is 1.35 bits per heavy atom. The molecule has 0 bridgehead atoms. The second kappa shape index (κ2) is 20.0. The Morgan fingerprint density at radius 3 is 1.80 bits per heavy atom. The number of aliphatic carboxylic acids is 1. The predicted octanol–water partition coefficient (Wildman–Crippen LogP) is 14.3. The van der Waals surface area contributed by atoms with E-state index in [4.69, 9.17) is 18.3 Å². The van der Waals surface area contributed by atoms with Crippen molar-refractivity contribution in [3.63, 3.8) is 0 Å². The van der Waals surface area contributed by atoms with Crippen molar-refractivity contribution in [1.29, 1.82) is 0 Å². The van der Waals surface area contributed by atoms with E-state index in [1.165, 1.54) is 11.1 Å². The van der Waals surface area contributed by atoms with Gasteiger partial charge in [-0.15, -0.1) is 23.1 Å². The molecule has 1 aromatic heterocycles. The number of thioether (sulfide) groups is 1. The van der Waals surface area contributed by atoms with Crippen LogP contribution in [-0.2, 0) is 18.1 Å². The molecule has 0 saturated heterocycles. The van der Waals surface area contributed by atoms with Crippen LogP contribution in [0.2, 0.25) is 54.4 Å². The lowest BCUT2D eigenvalue weighted by molar-refractivity contribution is -0.139. The molecule has 1 heterocycles. The fraction of sp³-hybridized carbons (Fsp3) is 0.773. The third-order valence-corrected chi connectivity index (χ3v) is 28.2. The van der Waals surface area contributed by atoms with Crippen LogP contribution >= 0.6 is 23.1 Å². The number of carboxylic acid groups (broad SMARTS) is 1. The first-order valence-electron chi connectivity index (χ1n) is 20.4. The van der Waals surface area contributed by atoms with Crippen molar-refractivity contribution >= 4 is 60.1 Å². The van der Waals surface area contributed by atoms with Crippen molar-refractivity contribution < 1.29 is 23.2 Å². The Bertz CT molecular complexity index is 1470. The van der Waals surface area contributed by atoms with Crippen molar-refractivity contribution in [2.75, 3.05) is 0 Å². The van der Waals surface area contributed by atoms with Crippen LogP contribution in [0.3, 0.4) is 0 Å². The quantitative estimate of drug-likeness (QED) is 0.103. The molecule has 0 unspecified atom stereocenters. The van der Waals surface area contributed by atoms with Crippen molar-refractivity contribution in [1.82, 2.24) is 4.98 Å². The van der Waals surface area contributed by atoms with Gasteiger partial charge >= 0.3 is 5.97 Å². The number of aromatic nitrogens is 1. The van der Waals surface area contributed by atoms with Gasteiger partial charge in [0.2, 0.25) is 0 Å². The van der Waals surface area contributed by atoms with Crippen molar-refractivity contribution in [3.8, 4) is 0 Å². The van der Waals surface area contributed by atoms with Crippen LogP contribution in [0.1, 0.15) is 134 Å². The smallest absolute Gasteiger partial charge is 0.305 e. The Kier molecular flexibility index (Phi) is 19.0. The molecular formula is C44H83NO5S2Si3. The zero-order chi connectivity index (χ0) is 43.2. The number of carbonyl (C=O) groups is 1. The van der Waals surface area contributed by atoms with E-state index in [0.29, 0.717) is 0 Å². The van der Waals surface area contributed by atoms with E-state index in [9.17, 15) is 9.90 Å². The highest BCUT2D eigenvalue weighted by Crippen LogP contribution is 2.46. The lowest BCUT2D eigenvalue weighted by atomic mass is 10.00. The Balaban J connectivity index is 3.39. The monoisotopic (exact) mass is 854 g/mol. The molecule has 6 nitrogen and oxygen atoms in total. The maximum Gasteiger partial charge on any atom is 0.305 e. The van der Waals surface area contributed by atoms with Crippen LogP contribution in [0.5, 0.6) is 0 Å². The summed E-state index contributed by atoms with van der Waals surface area (Å²) in [5.74, 6) is -0.668. The molecule has 0 aliphatic rings. The van der Waals surface area contributed by atoms with Crippen LogP contribution in [0, 0.1) is 12.8 Å². The number of hydrogen-bond acceptors (Lipinski definition) is 7. The Labute approximate surface area is 350 Å². The summed E-state index contributed by atoms with van der Waals surface area (Å²) in [6.45, 7) is 49.4. The van der Waals surface area contributed by atoms with Gasteiger partial charge in [0.15, 0.2) is 25.0 Å². The number of aryl methyl sites for hydroxylation is 1. The number of thiazole rings is 1. The maximum absolute atomic E-state index is 12.2. The fourth-order valence-electron chi connectivity index (χ4n) is 5.49. The van der Waals surface area contributed by atoms with E-state index < -0.39 is 41.8 Å². The number of allylic oxidation sites excluding steroid dienone is 2. The second-order valence-corrected chi connectivity index (χ2v) is 38.4. The Morgan fingerprint density at radius 1 is 0.855 bits per heavy atom. The van der Waals surface area contributed by atoms with Gasteiger partial charge in [-0.05, 0) is 114 Å². The molecule has 0 amide bonds. The number of nitrogens with zero attached hydrogens (tertiary/aromatic N) is 1. The predicted molar refractivity (Wildman–Crippen MR) is 251 cm³/mol. The molecule has 1 rings (SSSR count). The van der Waals surface area contributed by atoms with E-state index in [2.05, 4.69) is 173 Å². The molecule has 1 aromatic rings. The van der Waals surface area contributed by atoms with E-state index in [-0.39, 0.29) is 44.9 Å². The molecule has 5 atom stereocenters. The average Bonchev–Trinajstić information content (AvgIpc) is 3.39. The van der Waals surface area contributed by atoms with Crippen molar-refractivity contribution in [2.24, 2.45) is 5.92 Å². The summed E-state index contributed by atoms with van der Waals surface area (Å²) in [6.07, 6.45) is 10.4. The van der Waals surface area contributed by atoms with Crippen molar-refractivity contribution in [3.05, 3.63) is 45.5 Å². The minimum absolute atomic E-state index is 0.00470. The molecule has 55 heavy (non-hydrogen) atoms. The van der Waals surface area contributed by atoms with E-state index >= 15 is 0 Å². The Hall–Kier alpha value is -0.799. The third kappa shape index (κ3) is 16.4. The van der Waals surface area contributed by atoms with Crippen LogP contribution in [0.4, 0.5) is 0 Å². The van der Waals surface area contributed by atoms with Gasteiger partial charge in [0.05, 0.1) is 35.4 Å². The van der Waals surface area contributed by atoms with Crippen LogP contribution < -0.4 is 0 Å². The summed E-state index contributed by atoms with van der Waals surface area (Å²) < 4.78 is 20.7. The van der Waals surface area contributed by atoms with Gasteiger partial charge < -0.3 is 18.4 Å². The normalized spacial score (nSPS) is 17.7.